The van der Waals surface area contributed by atoms with Crippen LogP contribution in [0.25, 0.3) is 0 Å². The largest absolute Gasteiger partial charge is 0.431 e. The average Bonchev–Trinajstić information content (AvgIpc) is 2.06. The highest BCUT2D eigenvalue weighted by molar-refractivity contribution is 7.20. The van der Waals surface area contributed by atoms with Gasteiger partial charge in [0, 0.05) is 0 Å². The molecule has 0 spiro atoms. The molecule has 0 aromatic heterocycles. The highest BCUT2D eigenvalue weighted by Crippen LogP contribution is 2.04. The molecule has 1 nitrogen and oxygen atoms in total. The fraction of sp³-hybridized carbons (Fsp3) is 0.333. The summed E-state index contributed by atoms with van der Waals surface area (Å²) in [5.41, 5.74) is 0. The molecular formula is C9H13OSi2. The van der Waals surface area contributed by atoms with Gasteiger partial charge in [0.25, 0.3) is 0 Å². The molecule has 0 saturated heterocycles. The van der Waals surface area contributed by atoms with Crippen LogP contribution in [-0.2, 0) is 0 Å². The van der Waals surface area contributed by atoms with Crippen molar-refractivity contribution in [2.45, 2.75) is 19.4 Å². The maximum atomic E-state index is 10.0. The summed E-state index contributed by atoms with van der Waals surface area (Å²) in [7, 11) is 1.22. The minimum Gasteiger partial charge on any atom is -0.431 e. The predicted octanol–water partition coefficient (Wildman–Crippen LogP) is 0.907. The lowest BCUT2D eigenvalue weighted by atomic mass is 10.4. The fourth-order valence-corrected chi connectivity index (χ4v) is 4.23. The van der Waals surface area contributed by atoms with E-state index in [9.17, 15) is 4.80 Å². The van der Waals surface area contributed by atoms with Gasteiger partial charge in [-0.1, -0.05) is 43.7 Å². The molecule has 1 aromatic rings. The van der Waals surface area contributed by atoms with Crippen LogP contribution in [0.15, 0.2) is 30.3 Å². The molecule has 0 fully saturated rings. The van der Waals surface area contributed by atoms with Crippen LogP contribution < -0.4 is 5.19 Å². The molecule has 0 aliphatic heterocycles. The molecule has 0 saturated carbocycles. The van der Waals surface area contributed by atoms with Crippen LogP contribution in [0.2, 0.25) is 6.04 Å². The topological polar surface area (TPSA) is 20.2 Å². The molecule has 1 atom stereocenters. The third kappa shape index (κ3) is 2.30. The van der Waals surface area contributed by atoms with Crippen molar-refractivity contribution in [3.8, 4) is 0 Å². The van der Waals surface area contributed by atoms with Crippen molar-refractivity contribution in [1.29, 1.82) is 0 Å². The van der Waals surface area contributed by atoms with Crippen molar-refractivity contribution in [3.63, 3.8) is 0 Å². The molecule has 0 bridgehead atoms. The Kier molecular flexibility index (Phi) is 3.25. The van der Waals surface area contributed by atoms with Crippen molar-refractivity contribution < 1.29 is 4.80 Å². The van der Waals surface area contributed by atoms with Crippen LogP contribution in [0.4, 0.5) is 0 Å². The maximum absolute atomic E-state index is 10.0. The molecule has 0 aliphatic rings. The minimum atomic E-state index is -2.27. The summed E-state index contributed by atoms with van der Waals surface area (Å²) in [6.07, 6.45) is 1.01. The molecule has 12 heavy (non-hydrogen) atoms. The fourth-order valence-electron chi connectivity index (χ4n) is 1.22. The Morgan fingerprint density at radius 2 is 1.92 bits per heavy atom. The van der Waals surface area contributed by atoms with Gasteiger partial charge in [0.15, 0.2) is 7.83 Å². The molecule has 0 heterocycles. The molecule has 63 valence electrons. The average molecular weight is 193 g/mol. The minimum absolute atomic E-state index is 0.869. The zero-order valence-corrected chi connectivity index (χ0v) is 9.25. The van der Waals surface area contributed by atoms with Gasteiger partial charge in [-0.25, -0.2) is 0 Å². The van der Waals surface area contributed by atoms with E-state index in [1.54, 1.807) is 0 Å². The van der Waals surface area contributed by atoms with E-state index in [0.29, 0.717) is 0 Å². The summed E-state index contributed by atoms with van der Waals surface area (Å²) in [5, 5.41) is 1.06. The van der Waals surface area contributed by atoms with Gasteiger partial charge < -0.3 is 4.80 Å². The third-order valence-corrected chi connectivity index (χ3v) is 5.99. The highest BCUT2D eigenvalue weighted by atomic mass is 29.2. The first-order valence-electron chi connectivity index (χ1n) is 4.19. The van der Waals surface area contributed by atoms with Crippen molar-refractivity contribution in [3.05, 3.63) is 30.3 Å². The SMILES string of the molecule is CCC[Si](O)([Si])c1ccccc1. The molecule has 3 heteroatoms. The van der Waals surface area contributed by atoms with Crippen LogP contribution >= 0.6 is 0 Å². The standard InChI is InChI=1S/C9H13OSi2/c1-2-8-12(10,11)9-6-4-3-5-7-9/h3-7,10H,2,8H2,1H3. The van der Waals surface area contributed by atoms with Crippen molar-refractivity contribution in [1.82, 2.24) is 0 Å². The van der Waals surface area contributed by atoms with Gasteiger partial charge in [0.05, 0.1) is 9.76 Å². The Morgan fingerprint density at radius 3 is 2.42 bits per heavy atom. The first kappa shape index (κ1) is 9.70. The molecule has 1 unspecified atom stereocenters. The van der Waals surface area contributed by atoms with E-state index >= 15 is 0 Å². The summed E-state index contributed by atoms with van der Waals surface area (Å²) in [5.74, 6) is 0. The second-order valence-corrected chi connectivity index (χ2v) is 8.26. The molecule has 3 radical (unpaired) electrons. The van der Waals surface area contributed by atoms with E-state index in [-0.39, 0.29) is 0 Å². The Bertz CT molecular complexity index is 234. The van der Waals surface area contributed by atoms with Crippen molar-refractivity contribution in [2.75, 3.05) is 0 Å². The molecule has 0 amide bonds. The number of hydrogen-bond donors (Lipinski definition) is 1. The number of hydrogen-bond acceptors (Lipinski definition) is 1. The molecule has 1 rings (SSSR count). The first-order valence-corrected chi connectivity index (χ1v) is 7.85. The molecular weight excluding hydrogens is 180 g/mol. The van der Waals surface area contributed by atoms with E-state index in [0.717, 1.165) is 17.7 Å². The van der Waals surface area contributed by atoms with Crippen LogP contribution in [0.3, 0.4) is 0 Å². The summed E-state index contributed by atoms with van der Waals surface area (Å²) in [6.45, 7) is 2.08. The van der Waals surface area contributed by atoms with Gasteiger partial charge in [0.2, 0.25) is 0 Å². The summed E-state index contributed by atoms with van der Waals surface area (Å²) in [4.78, 5) is 10.0. The predicted molar refractivity (Wildman–Crippen MR) is 54.9 cm³/mol. The molecule has 1 N–H and O–H groups in total. The molecule has 1 aromatic carbocycles. The second kappa shape index (κ2) is 4.02. The van der Waals surface area contributed by atoms with Crippen LogP contribution in [0.5, 0.6) is 0 Å². The zero-order chi connectivity index (χ0) is 9.03. The number of rotatable bonds is 3. The van der Waals surface area contributed by atoms with Gasteiger partial charge >= 0.3 is 0 Å². The third-order valence-electron chi connectivity index (χ3n) is 1.86. The Balaban J connectivity index is 2.82. The lowest BCUT2D eigenvalue weighted by Crippen LogP contribution is -2.48. The quantitative estimate of drug-likeness (QED) is 0.708. The summed E-state index contributed by atoms with van der Waals surface area (Å²) >= 11 is 0. The Morgan fingerprint density at radius 1 is 1.33 bits per heavy atom. The van der Waals surface area contributed by atoms with Gasteiger partial charge in [-0.05, 0) is 11.2 Å². The van der Waals surface area contributed by atoms with E-state index in [1.165, 1.54) is 0 Å². The Hall–Kier alpha value is -0.386. The maximum Gasteiger partial charge on any atom is 0.196 e. The highest BCUT2D eigenvalue weighted by Gasteiger charge is 2.24. The normalized spacial score (nSPS) is 15.6. The van der Waals surface area contributed by atoms with Gasteiger partial charge in [-0.15, -0.1) is 0 Å². The van der Waals surface area contributed by atoms with E-state index in [4.69, 9.17) is 0 Å². The van der Waals surface area contributed by atoms with Crippen molar-refractivity contribution >= 4 is 22.8 Å². The Labute approximate surface area is 77.8 Å². The van der Waals surface area contributed by atoms with Crippen molar-refractivity contribution in [2.24, 2.45) is 0 Å². The van der Waals surface area contributed by atoms with E-state index in [2.05, 4.69) is 16.7 Å². The second-order valence-electron chi connectivity index (χ2n) is 2.98. The van der Waals surface area contributed by atoms with Crippen LogP contribution in [0, 0.1) is 0 Å². The van der Waals surface area contributed by atoms with Gasteiger partial charge in [-0.2, -0.15) is 0 Å². The lowest BCUT2D eigenvalue weighted by Gasteiger charge is -2.19. The monoisotopic (exact) mass is 193 g/mol. The van der Waals surface area contributed by atoms with Gasteiger partial charge in [0.1, 0.15) is 0 Å². The van der Waals surface area contributed by atoms with Gasteiger partial charge in [-0.3, -0.25) is 0 Å². The zero-order valence-electron chi connectivity index (χ0n) is 7.25. The van der Waals surface area contributed by atoms with E-state index in [1.807, 2.05) is 30.3 Å². The summed E-state index contributed by atoms with van der Waals surface area (Å²) in [6, 6.07) is 10.7. The number of benzene rings is 1. The van der Waals surface area contributed by atoms with Crippen LogP contribution in [-0.4, -0.2) is 22.4 Å². The molecule has 0 aliphatic carbocycles. The lowest BCUT2D eigenvalue weighted by molar-refractivity contribution is 0.571. The summed E-state index contributed by atoms with van der Waals surface area (Å²) < 4.78 is 0. The first-order chi connectivity index (χ1) is 5.67. The van der Waals surface area contributed by atoms with Crippen LogP contribution in [0.1, 0.15) is 13.3 Å². The smallest absolute Gasteiger partial charge is 0.196 e. The van der Waals surface area contributed by atoms with E-state index < -0.39 is 7.83 Å².